The molecule has 0 amide bonds. The predicted molar refractivity (Wildman–Crippen MR) is 65.0 cm³/mol. The molecule has 0 rings (SSSR count). The fourth-order valence-electron chi connectivity index (χ4n) is 0.348. The lowest BCUT2D eigenvalue weighted by atomic mass is 10.3. The van der Waals surface area contributed by atoms with Crippen molar-refractivity contribution < 1.29 is 0 Å². The van der Waals surface area contributed by atoms with Gasteiger partial charge < -0.3 is 0 Å². The first-order valence-electron chi connectivity index (χ1n) is 4.75. The van der Waals surface area contributed by atoms with Crippen molar-refractivity contribution in [1.82, 2.24) is 0 Å². The Kier molecular flexibility index (Phi) is 42.1. The maximum Gasteiger partial charge on any atom is -0.0354 e. The normalized spacial score (nSPS) is 6.31. The van der Waals surface area contributed by atoms with Gasteiger partial charge in [-0.25, -0.2) is 0 Å². The van der Waals surface area contributed by atoms with Crippen molar-refractivity contribution in [1.29, 1.82) is 0 Å². The fraction of sp³-hybridized carbons (Fsp3) is 0.462. The number of allylic oxidation sites excluding steroid dienone is 2. The van der Waals surface area contributed by atoms with Crippen LogP contribution in [0.2, 0.25) is 0 Å². The summed E-state index contributed by atoms with van der Waals surface area (Å²) in [7, 11) is 0. The summed E-state index contributed by atoms with van der Waals surface area (Å²) >= 11 is 0. The summed E-state index contributed by atoms with van der Waals surface area (Å²) in [5.41, 5.74) is 2.25. The highest BCUT2D eigenvalue weighted by Gasteiger charge is 1.71. The summed E-state index contributed by atoms with van der Waals surface area (Å²) in [5.74, 6) is 0. The quantitative estimate of drug-likeness (QED) is 0.328. The van der Waals surface area contributed by atoms with Crippen LogP contribution < -0.4 is 0 Å². The van der Waals surface area contributed by atoms with Crippen LogP contribution in [0.4, 0.5) is 0 Å². The minimum absolute atomic E-state index is 1.08. The van der Waals surface area contributed by atoms with Gasteiger partial charge in [-0.2, -0.15) is 0 Å². The van der Waals surface area contributed by atoms with Gasteiger partial charge in [0.25, 0.3) is 0 Å². The standard InChI is InChI=1S/C6H12.C4H8.C3H4/c1-3-5-6-4-2;1-3-4-2;1-3-2/h3H,1,4-6H2,2H3;3H,1,4H2,2H3;1-2H2. The first-order chi connectivity index (χ1) is 6.24. The molecule has 0 aromatic heterocycles. The van der Waals surface area contributed by atoms with Gasteiger partial charge in [-0.05, 0) is 12.8 Å². The molecule has 0 fully saturated rings. The Bertz CT molecular complexity index is 114. The summed E-state index contributed by atoms with van der Waals surface area (Å²) in [4.78, 5) is 0. The molecule has 0 N–H and O–H groups in total. The van der Waals surface area contributed by atoms with E-state index < -0.39 is 0 Å². The molecule has 76 valence electrons. The first kappa shape index (κ1) is 17.9. The molecule has 0 unspecified atom stereocenters. The lowest BCUT2D eigenvalue weighted by Crippen LogP contribution is -1.61. The van der Waals surface area contributed by atoms with Crippen LogP contribution in [0.3, 0.4) is 0 Å². The van der Waals surface area contributed by atoms with E-state index in [4.69, 9.17) is 0 Å². The second-order valence-electron chi connectivity index (χ2n) is 2.38. The van der Waals surface area contributed by atoms with Crippen molar-refractivity contribution >= 4 is 0 Å². The molecule has 0 aliphatic heterocycles. The lowest BCUT2D eigenvalue weighted by molar-refractivity contribution is 0.816. The Hall–Kier alpha value is -1.00. The zero-order chi connectivity index (χ0) is 10.9. The predicted octanol–water partition coefficient (Wildman–Crippen LogP) is 4.90. The Balaban J connectivity index is -0.000000125. The van der Waals surface area contributed by atoms with E-state index in [-0.39, 0.29) is 0 Å². The van der Waals surface area contributed by atoms with Crippen molar-refractivity contribution in [2.24, 2.45) is 0 Å². The monoisotopic (exact) mass is 180 g/mol. The SMILES string of the molecule is C=C=C.C=CCC.C=CCCCC. The van der Waals surface area contributed by atoms with E-state index in [1.807, 2.05) is 12.2 Å². The van der Waals surface area contributed by atoms with Crippen molar-refractivity contribution in [2.75, 3.05) is 0 Å². The van der Waals surface area contributed by atoms with Crippen LogP contribution in [-0.4, -0.2) is 0 Å². The molecule has 0 aromatic carbocycles. The Morgan fingerprint density at radius 1 is 1.08 bits per heavy atom. The second kappa shape index (κ2) is 30.6. The van der Waals surface area contributed by atoms with Crippen molar-refractivity contribution in [2.45, 2.75) is 39.5 Å². The Morgan fingerprint density at radius 2 is 1.46 bits per heavy atom. The van der Waals surface area contributed by atoms with Crippen LogP contribution in [0.5, 0.6) is 0 Å². The third kappa shape index (κ3) is 99.0. The van der Waals surface area contributed by atoms with E-state index in [0.717, 1.165) is 6.42 Å². The van der Waals surface area contributed by atoms with Crippen molar-refractivity contribution in [3.8, 4) is 0 Å². The van der Waals surface area contributed by atoms with E-state index in [1.54, 1.807) is 0 Å². The highest BCUT2D eigenvalue weighted by molar-refractivity contribution is 4.64. The van der Waals surface area contributed by atoms with Crippen LogP contribution in [-0.2, 0) is 0 Å². The van der Waals surface area contributed by atoms with Crippen molar-refractivity contribution in [3.05, 3.63) is 44.2 Å². The summed E-state index contributed by atoms with van der Waals surface area (Å²) in [6, 6.07) is 0. The molecule has 0 aliphatic carbocycles. The molecular weight excluding hydrogens is 156 g/mol. The van der Waals surface area contributed by atoms with Crippen LogP contribution in [0.1, 0.15) is 39.5 Å². The summed E-state index contributed by atoms with van der Waals surface area (Å²) in [6.07, 6.45) is 8.68. The van der Waals surface area contributed by atoms with E-state index in [1.165, 1.54) is 19.3 Å². The third-order valence-electron chi connectivity index (χ3n) is 1.05. The number of hydrogen-bond acceptors (Lipinski definition) is 0. The zero-order valence-electron chi connectivity index (χ0n) is 9.31. The maximum atomic E-state index is 3.60. The molecule has 0 nitrogen and oxygen atoms in total. The summed E-state index contributed by atoms with van der Waals surface area (Å²) < 4.78 is 0. The van der Waals surface area contributed by atoms with E-state index in [0.29, 0.717) is 0 Å². The summed E-state index contributed by atoms with van der Waals surface area (Å²) in [6.45, 7) is 17.6. The Labute approximate surface area is 84.4 Å². The van der Waals surface area contributed by atoms with Gasteiger partial charge in [0, 0.05) is 0 Å². The van der Waals surface area contributed by atoms with Gasteiger partial charge in [0.15, 0.2) is 0 Å². The molecule has 0 bridgehead atoms. The highest BCUT2D eigenvalue weighted by Crippen LogP contribution is 1.91. The van der Waals surface area contributed by atoms with Crippen LogP contribution in [0.25, 0.3) is 0 Å². The van der Waals surface area contributed by atoms with Gasteiger partial charge in [-0.1, -0.05) is 52.0 Å². The Morgan fingerprint density at radius 3 is 1.54 bits per heavy atom. The van der Waals surface area contributed by atoms with Gasteiger partial charge in [0.1, 0.15) is 0 Å². The average molecular weight is 180 g/mol. The number of unbranched alkanes of at least 4 members (excludes halogenated alkanes) is 2. The second-order valence-corrected chi connectivity index (χ2v) is 2.38. The molecule has 0 heteroatoms. The van der Waals surface area contributed by atoms with Gasteiger partial charge in [-0.15, -0.1) is 18.9 Å². The molecule has 0 heterocycles. The van der Waals surface area contributed by atoms with E-state index in [9.17, 15) is 0 Å². The molecule has 0 atom stereocenters. The van der Waals surface area contributed by atoms with Gasteiger partial charge in [0.2, 0.25) is 0 Å². The lowest BCUT2D eigenvalue weighted by Gasteiger charge is -1.81. The van der Waals surface area contributed by atoms with E-state index >= 15 is 0 Å². The number of rotatable bonds is 4. The largest absolute Gasteiger partial charge is 0.137 e. The smallest absolute Gasteiger partial charge is 0.0354 e. The van der Waals surface area contributed by atoms with Crippen molar-refractivity contribution in [3.63, 3.8) is 0 Å². The van der Waals surface area contributed by atoms with E-state index in [2.05, 4.69) is 45.9 Å². The topological polar surface area (TPSA) is 0 Å². The van der Waals surface area contributed by atoms with Crippen LogP contribution >= 0.6 is 0 Å². The molecule has 13 heavy (non-hydrogen) atoms. The fourth-order valence-corrected chi connectivity index (χ4v) is 0.348. The highest BCUT2D eigenvalue weighted by atomic mass is 13.8. The maximum absolute atomic E-state index is 3.60. The van der Waals surface area contributed by atoms with Gasteiger partial charge in [0.05, 0.1) is 0 Å². The van der Waals surface area contributed by atoms with Crippen LogP contribution in [0.15, 0.2) is 44.2 Å². The summed E-state index contributed by atoms with van der Waals surface area (Å²) in [5, 5.41) is 0. The van der Waals surface area contributed by atoms with Crippen LogP contribution in [0, 0.1) is 0 Å². The minimum Gasteiger partial charge on any atom is -0.137 e. The third-order valence-corrected chi connectivity index (χ3v) is 1.05. The average Bonchev–Trinajstić information content (AvgIpc) is 2.16. The first-order valence-corrected chi connectivity index (χ1v) is 4.75. The van der Waals surface area contributed by atoms with Gasteiger partial charge in [-0.3, -0.25) is 0 Å². The minimum atomic E-state index is 1.08. The number of hydrogen-bond donors (Lipinski definition) is 0. The molecule has 0 saturated carbocycles. The molecule has 0 spiro atoms. The molecule has 0 saturated heterocycles. The van der Waals surface area contributed by atoms with Gasteiger partial charge >= 0.3 is 0 Å². The zero-order valence-corrected chi connectivity index (χ0v) is 9.31. The molecular formula is C13H24. The molecule has 0 aliphatic rings. The molecule has 0 radical (unpaired) electrons. The molecule has 0 aromatic rings.